The summed E-state index contributed by atoms with van der Waals surface area (Å²) in [6, 6.07) is 4.27. The first-order valence-electron chi connectivity index (χ1n) is 7.86. The maximum atomic E-state index is 12.4. The lowest BCUT2D eigenvalue weighted by atomic mass is 9.96. The lowest BCUT2D eigenvalue weighted by Crippen LogP contribution is -2.44. The minimum Gasteiger partial charge on any atom is -0.331 e. The van der Waals surface area contributed by atoms with Gasteiger partial charge in [-0.3, -0.25) is 0 Å². The van der Waals surface area contributed by atoms with Gasteiger partial charge in [-0.2, -0.15) is 0 Å². The molecular weight excluding hydrogens is 304 g/mol. The van der Waals surface area contributed by atoms with Crippen LogP contribution < -0.4 is 5.32 Å². The van der Waals surface area contributed by atoms with Crippen LogP contribution in [-0.4, -0.2) is 24.0 Å². The standard InChI is InChI=1S/C16H25ClN2OS/c1-12(14-10-11-15(17)21-14)18-16(20)19(2)13-8-6-4-3-5-7-9-13/h10-13H,3-9H2,1-2H3,(H,18,20). The monoisotopic (exact) mass is 328 g/mol. The van der Waals surface area contributed by atoms with Gasteiger partial charge in [0.25, 0.3) is 0 Å². The summed E-state index contributed by atoms with van der Waals surface area (Å²) in [5.74, 6) is 0. The highest BCUT2D eigenvalue weighted by Crippen LogP contribution is 2.27. The van der Waals surface area contributed by atoms with Crippen LogP contribution in [0.5, 0.6) is 0 Å². The number of hydrogen-bond acceptors (Lipinski definition) is 2. The summed E-state index contributed by atoms with van der Waals surface area (Å²) in [7, 11) is 1.93. The summed E-state index contributed by atoms with van der Waals surface area (Å²) in [5.41, 5.74) is 0. The first-order chi connectivity index (χ1) is 10.1. The summed E-state index contributed by atoms with van der Waals surface area (Å²) < 4.78 is 0.763. The number of nitrogens with zero attached hydrogens (tertiary/aromatic N) is 1. The Morgan fingerprint density at radius 1 is 1.29 bits per heavy atom. The molecule has 0 radical (unpaired) electrons. The van der Waals surface area contributed by atoms with Crippen molar-refractivity contribution in [2.24, 2.45) is 0 Å². The molecule has 2 rings (SSSR count). The second-order valence-electron chi connectivity index (χ2n) is 5.92. The highest BCUT2D eigenvalue weighted by atomic mass is 35.5. The summed E-state index contributed by atoms with van der Waals surface area (Å²) in [6.07, 6.45) is 8.67. The van der Waals surface area contributed by atoms with Crippen LogP contribution in [-0.2, 0) is 0 Å². The quantitative estimate of drug-likeness (QED) is 0.810. The number of nitrogens with one attached hydrogen (secondary N) is 1. The molecule has 1 aliphatic rings. The zero-order chi connectivity index (χ0) is 15.2. The van der Waals surface area contributed by atoms with E-state index in [4.69, 9.17) is 11.6 Å². The van der Waals surface area contributed by atoms with Gasteiger partial charge in [0.15, 0.2) is 0 Å². The fraction of sp³-hybridized carbons (Fsp3) is 0.688. The maximum absolute atomic E-state index is 12.4. The third-order valence-corrected chi connectivity index (χ3v) is 5.72. The molecule has 1 atom stereocenters. The lowest BCUT2D eigenvalue weighted by Gasteiger charge is -2.30. The number of urea groups is 1. The Morgan fingerprint density at radius 2 is 1.90 bits per heavy atom. The molecule has 1 heterocycles. The Balaban J connectivity index is 1.88. The summed E-state index contributed by atoms with van der Waals surface area (Å²) in [6.45, 7) is 2.01. The summed E-state index contributed by atoms with van der Waals surface area (Å²) in [5, 5.41) is 3.08. The van der Waals surface area contributed by atoms with Crippen molar-refractivity contribution in [2.45, 2.75) is 64.0 Å². The predicted molar refractivity (Wildman–Crippen MR) is 90.1 cm³/mol. The van der Waals surface area contributed by atoms with Crippen molar-refractivity contribution in [3.63, 3.8) is 0 Å². The van der Waals surface area contributed by atoms with Crippen LogP contribution in [0.2, 0.25) is 4.34 Å². The van der Waals surface area contributed by atoms with Crippen molar-refractivity contribution in [2.75, 3.05) is 7.05 Å². The van der Waals surface area contributed by atoms with Gasteiger partial charge in [-0.25, -0.2) is 4.79 Å². The molecule has 118 valence electrons. The van der Waals surface area contributed by atoms with Crippen LogP contribution in [0.25, 0.3) is 0 Å². The fourth-order valence-electron chi connectivity index (χ4n) is 2.91. The first-order valence-corrected chi connectivity index (χ1v) is 9.06. The zero-order valence-corrected chi connectivity index (χ0v) is 14.5. The molecule has 0 saturated heterocycles. The van der Waals surface area contributed by atoms with Crippen LogP contribution in [0.15, 0.2) is 12.1 Å². The van der Waals surface area contributed by atoms with Crippen LogP contribution >= 0.6 is 22.9 Å². The van der Waals surface area contributed by atoms with Crippen LogP contribution in [0.4, 0.5) is 4.79 Å². The average Bonchev–Trinajstić information content (AvgIpc) is 2.84. The number of carbonyl (C=O) groups is 1. The largest absolute Gasteiger partial charge is 0.331 e. The first kappa shape index (κ1) is 16.6. The van der Waals surface area contributed by atoms with E-state index in [0.29, 0.717) is 6.04 Å². The van der Waals surface area contributed by atoms with E-state index >= 15 is 0 Å². The smallest absolute Gasteiger partial charge is 0.317 e. The number of halogens is 1. The highest BCUT2D eigenvalue weighted by molar-refractivity contribution is 7.16. The molecule has 0 aromatic carbocycles. The zero-order valence-electron chi connectivity index (χ0n) is 12.9. The van der Waals surface area contributed by atoms with Crippen molar-refractivity contribution in [3.05, 3.63) is 21.3 Å². The van der Waals surface area contributed by atoms with E-state index in [9.17, 15) is 4.79 Å². The summed E-state index contributed by atoms with van der Waals surface area (Å²) in [4.78, 5) is 15.4. The van der Waals surface area contributed by atoms with Gasteiger partial charge in [0.1, 0.15) is 0 Å². The molecule has 1 fully saturated rings. The molecule has 1 unspecified atom stereocenters. The number of carbonyl (C=O) groups excluding carboxylic acids is 1. The Labute approximate surface area is 136 Å². The minimum atomic E-state index is 0.00556. The minimum absolute atomic E-state index is 0.00556. The normalized spacial score (nSPS) is 18.6. The van der Waals surface area contributed by atoms with E-state index in [-0.39, 0.29) is 12.1 Å². The van der Waals surface area contributed by atoms with Gasteiger partial charge in [-0.1, -0.05) is 43.7 Å². The van der Waals surface area contributed by atoms with Gasteiger partial charge in [0, 0.05) is 18.0 Å². The number of amides is 2. The molecule has 1 N–H and O–H groups in total. The van der Waals surface area contributed by atoms with Crippen LogP contribution in [0.1, 0.15) is 62.8 Å². The third-order valence-electron chi connectivity index (χ3n) is 4.30. The average molecular weight is 329 g/mol. The maximum Gasteiger partial charge on any atom is 0.317 e. The van der Waals surface area contributed by atoms with Gasteiger partial charge in [-0.15, -0.1) is 11.3 Å². The molecule has 1 aromatic rings. The van der Waals surface area contributed by atoms with Crippen molar-refractivity contribution in [1.29, 1.82) is 0 Å². The lowest BCUT2D eigenvalue weighted by molar-refractivity contribution is 0.175. The molecule has 1 saturated carbocycles. The molecule has 0 aliphatic heterocycles. The fourth-order valence-corrected chi connectivity index (χ4v) is 3.97. The Hall–Kier alpha value is -0.740. The molecule has 1 aliphatic carbocycles. The second-order valence-corrected chi connectivity index (χ2v) is 7.67. The number of thiophene rings is 1. The van der Waals surface area contributed by atoms with Gasteiger partial charge in [0.05, 0.1) is 10.4 Å². The van der Waals surface area contributed by atoms with Gasteiger partial charge >= 0.3 is 6.03 Å². The summed E-state index contributed by atoms with van der Waals surface area (Å²) >= 11 is 7.48. The Morgan fingerprint density at radius 3 is 2.48 bits per heavy atom. The van der Waals surface area contributed by atoms with E-state index in [1.54, 1.807) is 0 Å². The van der Waals surface area contributed by atoms with Gasteiger partial charge in [-0.05, 0) is 31.9 Å². The van der Waals surface area contributed by atoms with E-state index in [0.717, 1.165) is 22.1 Å². The van der Waals surface area contributed by atoms with Crippen molar-refractivity contribution >= 4 is 29.0 Å². The van der Waals surface area contributed by atoms with Crippen LogP contribution in [0, 0.1) is 0 Å². The van der Waals surface area contributed by atoms with Crippen molar-refractivity contribution in [3.8, 4) is 0 Å². The van der Waals surface area contributed by atoms with Crippen molar-refractivity contribution in [1.82, 2.24) is 10.2 Å². The molecule has 3 nitrogen and oxygen atoms in total. The molecule has 21 heavy (non-hydrogen) atoms. The topological polar surface area (TPSA) is 32.3 Å². The predicted octanol–water partition coefficient (Wildman–Crippen LogP) is 5.22. The van der Waals surface area contributed by atoms with Gasteiger partial charge in [0.2, 0.25) is 0 Å². The molecule has 0 spiro atoms. The highest BCUT2D eigenvalue weighted by Gasteiger charge is 2.22. The number of rotatable bonds is 3. The molecule has 0 bridgehead atoms. The molecule has 5 heteroatoms. The SMILES string of the molecule is CC(NC(=O)N(C)C1CCCCCCC1)c1ccc(Cl)s1. The Kier molecular flexibility index (Phi) is 6.37. The number of hydrogen-bond donors (Lipinski definition) is 1. The van der Waals surface area contributed by atoms with Crippen LogP contribution in [0.3, 0.4) is 0 Å². The molecule has 1 aromatic heterocycles. The Bertz CT molecular complexity index is 455. The van der Waals surface area contributed by atoms with E-state index in [1.807, 2.05) is 31.0 Å². The van der Waals surface area contributed by atoms with Gasteiger partial charge < -0.3 is 10.2 Å². The molecular formula is C16H25ClN2OS. The second kappa shape index (κ2) is 8.04. The third kappa shape index (κ3) is 4.89. The molecule has 2 amide bonds. The van der Waals surface area contributed by atoms with E-state index < -0.39 is 0 Å². The van der Waals surface area contributed by atoms with Crippen molar-refractivity contribution < 1.29 is 4.79 Å². The van der Waals surface area contributed by atoms with E-state index in [1.165, 1.54) is 43.4 Å². The van der Waals surface area contributed by atoms with E-state index in [2.05, 4.69) is 5.32 Å².